The maximum atomic E-state index is 10.7. The van der Waals surface area contributed by atoms with Gasteiger partial charge in [0.25, 0.3) is 0 Å². The molecule has 1 aromatic carbocycles. The van der Waals surface area contributed by atoms with E-state index in [-0.39, 0.29) is 11.9 Å². The van der Waals surface area contributed by atoms with Crippen molar-refractivity contribution in [3.8, 4) is 0 Å². The molecule has 0 spiro atoms. The quantitative estimate of drug-likeness (QED) is 0.730. The highest BCUT2D eigenvalue weighted by molar-refractivity contribution is 9.10. The molecule has 0 aliphatic heterocycles. The Kier molecular flexibility index (Phi) is 3.96. The number of amides is 1. The first-order valence-corrected chi connectivity index (χ1v) is 5.38. The molecule has 15 heavy (non-hydrogen) atoms. The van der Waals surface area contributed by atoms with Crippen LogP contribution >= 0.6 is 15.9 Å². The van der Waals surface area contributed by atoms with E-state index < -0.39 is 0 Å². The lowest BCUT2D eigenvalue weighted by atomic mass is 10.2. The predicted molar refractivity (Wildman–Crippen MR) is 65.5 cm³/mol. The van der Waals surface area contributed by atoms with Crippen molar-refractivity contribution in [1.29, 1.82) is 0 Å². The zero-order chi connectivity index (χ0) is 11.4. The number of anilines is 2. The summed E-state index contributed by atoms with van der Waals surface area (Å²) in [5, 5.41) is 3.17. The fourth-order valence-corrected chi connectivity index (χ4v) is 1.78. The minimum Gasteiger partial charge on any atom is -0.399 e. The Morgan fingerprint density at radius 1 is 1.60 bits per heavy atom. The summed E-state index contributed by atoms with van der Waals surface area (Å²) in [4.78, 5) is 10.7. The molecule has 5 heteroatoms. The van der Waals surface area contributed by atoms with Crippen LogP contribution in [0.1, 0.15) is 13.3 Å². The number of carbonyl (C=O) groups is 1. The maximum Gasteiger partial charge on any atom is 0.219 e. The Bertz CT molecular complexity index is 368. The summed E-state index contributed by atoms with van der Waals surface area (Å²) < 4.78 is 0.874. The predicted octanol–water partition coefficient (Wildman–Crippen LogP) is 1.71. The minimum atomic E-state index is -0.318. The summed E-state index contributed by atoms with van der Waals surface area (Å²) in [6.07, 6.45) is 0.302. The fraction of sp³-hybridized carbons (Fsp3) is 0.300. The summed E-state index contributed by atoms with van der Waals surface area (Å²) in [7, 11) is 0. The van der Waals surface area contributed by atoms with Crippen LogP contribution < -0.4 is 16.8 Å². The van der Waals surface area contributed by atoms with Gasteiger partial charge in [-0.05, 0) is 41.1 Å². The van der Waals surface area contributed by atoms with Crippen LogP contribution in [0, 0.1) is 0 Å². The van der Waals surface area contributed by atoms with Gasteiger partial charge in [-0.25, -0.2) is 0 Å². The van der Waals surface area contributed by atoms with E-state index in [4.69, 9.17) is 11.5 Å². The van der Waals surface area contributed by atoms with Crippen LogP contribution in [-0.2, 0) is 4.79 Å². The number of carbonyl (C=O) groups excluding carboxylic acids is 1. The number of halogens is 1. The molecule has 1 amide bonds. The standard InChI is InChI=1S/C10H14BrN3O/c1-6(4-10(13)15)14-9-3-2-7(12)5-8(9)11/h2-3,5-6,14H,4,12H2,1H3,(H2,13,15). The van der Waals surface area contributed by atoms with Crippen LogP contribution in [0.4, 0.5) is 11.4 Å². The molecule has 1 rings (SSSR count). The number of hydrogen-bond donors (Lipinski definition) is 3. The molecule has 0 saturated carbocycles. The second kappa shape index (κ2) is 5.02. The van der Waals surface area contributed by atoms with E-state index in [0.29, 0.717) is 12.1 Å². The minimum absolute atomic E-state index is 0.00224. The van der Waals surface area contributed by atoms with Crippen molar-refractivity contribution in [3.63, 3.8) is 0 Å². The van der Waals surface area contributed by atoms with Gasteiger partial charge in [0.15, 0.2) is 0 Å². The van der Waals surface area contributed by atoms with Crippen molar-refractivity contribution >= 4 is 33.2 Å². The van der Waals surface area contributed by atoms with Crippen LogP contribution in [0.5, 0.6) is 0 Å². The van der Waals surface area contributed by atoms with Crippen molar-refractivity contribution in [1.82, 2.24) is 0 Å². The van der Waals surface area contributed by atoms with Crippen molar-refractivity contribution in [2.24, 2.45) is 5.73 Å². The van der Waals surface area contributed by atoms with E-state index in [0.717, 1.165) is 10.2 Å². The first kappa shape index (κ1) is 11.8. The van der Waals surface area contributed by atoms with Gasteiger partial charge in [0.1, 0.15) is 0 Å². The Morgan fingerprint density at radius 3 is 2.80 bits per heavy atom. The molecule has 0 radical (unpaired) electrons. The molecule has 82 valence electrons. The first-order chi connectivity index (χ1) is 6.99. The number of benzene rings is 1. The molecule has 0 heterocycles. The highest BCUT2D eigenvalue weighted by Gasteiger charge is 2.07. The average molecular weight is 272 g/mol. The zero-order valence-electron chi connectivity index (χ0n) is 8.46. The van der Waals surface area contributed by atoms with Crippen LogP contribution in [0.15, 0.2) is 22.7 Å². The molecule has 0 aliphatic rings. The fourth-order valence-electron chi connectivity index (χ4n) is 1.27. The Labute approximate surface area is 97.1 Å². The van der Waals surface area contributed by atoms with E-state index in [1.807, 2.05) is 13.0 Å². The van der Waals surface area contributed by atoms with E-state index in [2.05, 4.69) is 21.2 Å². The molecule has 0 fully saturated rings. The number of rotatable bonds is 4. The largest absolute Gasteiger partial charge is 0.399 e. The molecule has 0 aliphatic carbocycles. The summed E-state index contributed by atoms with van der Waals surface area (Å²) in [5.41, 5.74) is 12.3. The molecule has 0 bridgehead atoms. The molecular formula is C10H14BrN3O. The van der Waals surface area contributed by atoms with E-state index in [9.17, 15) is 4.79 Å². The van der Waals surface area contributed by atoms with E-state index in [1.165, 1.54) is 0 Å². The SMILES string of the molecule is CC(CC(N)=O)Nc1ccc(N)cc1Br. The van der Waals surface area contributed by atoms with Gasteiger partial charge in [0.05, 0.1) is 0 Å². The van der Waals surface area contributed by atoms with Crippen molar-refractivity contribution < 1.29 is 4.79 Å². The van der Waals surface area contributed by atoms with Gasteiger partial charge in [0.2, 0.25) is 5.91 Å². The Morgan fingerprint density at radius 2 is 2.27 bits per heavy atom. The molecule has 5 N–H and O–H groups in total. The second-order valence-corrected chi connectivity index (χ2v) is 4.31. The maximum absolute atomic E-state index is 10.7. The molecule has 1 unspecified atom stereocenters. The van der Waals surface area contributed by atoms with Crippen LogP contribution in [0.3, 0.4) is 0 Å². The third-order valence-corrected chi connectivity index (χ3v) is 2.56. The van der Waals surface area contributed by atoms with Gasteiger partial charge in [-0.3, -0.25) is 4.79 Å². The summed E-state index contributed by atoms with van der Waals surface area (Å²) in [6.45, 7) is 1.90. The number of nitrogens with one attached hydrogen (secondary N) is 1. The number of nitrogen functional groups attached to an aromatic ring is 1. The average Bonchev–Trinajstić information content (AvgIpc) is 2.08. The molecule has 4 nitrogen and oxygen atoms in total. The number of hydrogen-bond acceptors (Lipinski definition) is 3. The smallest absolute Gasteiger partial charge is 0.219 e. The van der Waals surface area contributed by atoms with Crippen molar-refractivity contribution in [3.05, 3.63) is 22.7 Å². The number of primary amides is 1. The van der Waals surface area contributed by atoms with E-state index in [1.54, 1.807) is 12.1 Å². The Balaban J connectivity index is 2.68. The van der Waals surface area contributed by atoms with Gasteiger partial charge < -0.3 is 16.8 Å². The van der Waals surface area contributed by atoms with Gasteiger partial charge >= 0.3 is 0 Å². The monoisotopic (exact) mass is 271 g/mol. The first-order valence-electron chi connectivity index (χ1n) is 4.59. The van der Waals surface area contributed by atoms with Gasteiger partial charge in [-0.15, -0.1) is 0 Å². The van der Waals surface area contributed by atoms with Crippen LogP contribution in [-0.4, -0.2) is 11.9 Å². The second-order valence-electron chi connectivity index (χ2n) is 3.46. The molecule has 1 aromatic rings. The van der Waals surface area contributed by atoms with Gasteiger partial charge in [0, 0.05) is 28.3 Å². The topological polar surface area (TPSA) is 81.1 Å². The van der Waals surface area contributed by atoms with Gasteiger partial charge in [-0.2, -0.15) is 0 Å². The molecule has 0 aromatic heterocycles. The lowest BCUT2D eigenvalue weighted by molar-refractivity contribution is -0.118. The van der Waals surface area contributed by atoms with Crippen molar-refractivity contribution in [2.75, 3.05) is 11.1 Å². The lowest BCUT2D eigenvalue weighted by Crippen LogP contribution is -2.24. The zero-order valence-corrected chi connectivity index (χ0v) is 10.0. The summed E-state index contributed by atoms with van der Waals surface area (Å²) >= 11 is 3.38. The number of nitrogens with two attached hydrogens (primary N) is 2. The third-order valence-electron chi connectivity index (χ3n) is 1.90. The molecule has 1 atom stereocenters. The summed E-state index contributed by atoms with van der Waals surface area (Å²) in [5.74, 6) is -0.318. The normalized spacial score (nSPS) is 12.1. The summed E-state index contributed by atoms with van der Waals surface area (Å²) in [6, 6.07) is 5.46. The highest BCUT2D eigenvalue weighted by atomic mass is 79.9. The lowest BCUT2D eigenvalue weighted by Gasteiger charge is -2.15. The van der Waals surface area contributed by atoms with Crippen LogP contribution in [0.2, 0.25) is 0 Å². The van der Waals surface area contributed by atoms with Crippen molar-refractivity contribution in [2.45, 2.75) is 19.4 Å². The Hall–Kier alpha value is -1.23. The van der Waals surface area contributed by atoms with Gasteiger partial charge in [-0.1, -0.05) is 0 Å². The van der Waals surface area contributed by atoms with Crippen LogP contribution in [0.25, 0.3) is 0 Å². The van der Waals surface area contributed by atoms with E-state index >= 15 is 0 Å². The highest BCUT2D eigenvalue weighted by Crippen LogP contribution is 2.25. The molecular weight excluding hydrogens is 258 g/mol. The third kappa shape index (κ3) is 3.79. The molecule has 0 saturated heterocycles.